The van der Waals surface area contributed by atoms with Crippen molar-refractivity contribution in [2.45, 2.75) is 83.6 Å². The summed E-state index contributed by atoms with van der Waals surface area (Å²) in [5.74, 6) is 3.71. The first-order valence-corrected chi connectivity index (χ1v) is 9.75. The lowest BCUT2D eigenvalue weighted by molar-refractivity contribution is 0.0577. The van der Waals surface area contributed by atoms with Gasteiger partial charge in [-0.3, -0.25) is 0 Å². The van der Waals surface area contributed by atoms with Gasteiger partial charge in [-0.25, -0.2) is 4.79 Å². The summed E-state index contributed by atoms with van der Waals surface area (Å²) in [7, 11) is 0. The Balaban J connectivity index is 1.56. The second kappa shape index (κ2) is 7.23. The van der Waals surface area contributed by atoms with Gasteiger partial charge in [-0.1, -0.05) is 39.0 Å². The number of primary amides is 1. The summed E-state index contributed by atoms with van der Waals surface area (Å²) in [6, 6.07) is 0.263. The molecule has 3 aliphatic carbocycles. The van der Waals surface area contributed by atoms with Crippen molar-refractivity contribution in [1.82, 2.24) is 4.90 Å². The lowest BCUT2D eigenvalue weighted by Gasteiger charge is -2.45. The fourth-order valence-electron chi connectivity index (χ4n) is 5.36. The van der Waals surface area contributed by atoms with E-state index >= 15 is 0 Å². The maximum Gasteiger partial charge on any atom is 0.315 e. The van der Waals surface area contributed by atoms with Crippen LogP contribution in [-0.2, 0) is 0 Å². The van der Waals surface area contributed by atoms with E-state index in [1.54, 1.807) is 0 Å². The first-order valence-electron chi connectivity index (χ1n) is 9.75. The Labute approximate surface area is 136 Å². The monoisotopic (exact) mass is 306 g/mol. The number of amides is 2. The average molecular weight is 306 g/mol. The molecule has 0 radical (unpaired) electrons. The average Bonchev–Trinajstić information content (AvgIpc) is 2.48. The molecule has 3 fully saturated rings. The van der Waals surface area contributed by atoms with E-state index in [1.165, 1.54) is 57.8 Å². The highest BCUT2D eigenvalue weighted by atomic mass is 16.2. The lowest BCUT2D eigenvalue weighted by Crippen LogP contribution is -2.48. The third kappa shape index (κ3) is 3.44. The van der Waals surface area contributed by atoms with Gasteiger partial charge in [0.25, 0.3) is 0 Å². The van der Waals surface area contributed by atoms with E-state index in [2.05, 4.69) is 6.92 Å². The summed E-state index contributed by atoms with van der Waals surface area (Å²) in [4.78, 5) is 13.7. The Hall–Kier alpha value is -0.730. The van der Waals surface area contributed by atoms with Crippen LogP contribution in [0.25, 0.3) is 0 Å². The molecule has 0 aromatic rings. The molecule has 3 rings (SSSR count). The lowest BCUT2D eigenvalue weighted by atomic mass is 9.62. The molecule has 2 N–H and O–H groups in total. The second-order valence-electron chi connectivity index (χ2n) is 8.11. The van der Waals surface area contributed by atoms with Crippen molar-refractivity contribution >= 4 is 6.03 Å². The molecule has 0 heterocycles. The molecule has 126 valence electrons. The van der Waals surface area contributed by atoms with E-state index in [4.69, 9.17) is 5.73 Å². The molecule has 2 amide bonds. The number of rotatable bonds is 5. The number of urea groups is 1. The van der Waals surface area contributed by atoms with E-state index < -0.39 is 0 Å². The summed E-state index contributed by atoms with van der Waals surface area (Å²) >= 11 is 0. The van der Waals surface area contributed by atoms with Gasteiger partial charge in [0.15, 0.2) is 0 Å². The van der Waals surface area contributed by atoms with Gasteiger partial charge in [-0.15, -0.1) is 0 Å². The first kappa shape index (κ1) is 16.1. The van der Waals surface area contributed by atoms with E-state index in [1.807, 2.05) is 4.90 Å². The molecule has 0 bridgehead atoms. The first-order chi connectivity index (χ1) is 10.7. The van der Waals surface area contributed by atoms with Crippen LogP contribution in [0, 0.1) is 23.7 Å². The van der Waals surface area contributed by atoms with Crippen molar-refractivity contribution in [3.8, 4) is 0 Å². The van der Waals surface area contributed by atoms with E-state index in [-0.39, 0.29) is 6.03 Å². The molecular formula is C19H34N2O. The fourth-order valence-corrected chi connectivity index (χ4v) is 5.36. The number of carbonyl (C=O) groups excluding carboxylic acids is 1. The van der Waals surface area contributed by atoms with E-state index in [0.717, 1.165) is 43.1 Å². The summed E-state index contributed by atoms with van der Waals surface area (Å²) in [5.41, 5.74) is 5.63. The molecule has 4 atom stereocenters. The van der Waals surface area contributed by atoms with Gasteiger partial charge >= 0.3 is 6.03 Å². The summed E-state index contributed by atoms with van der Waals surface area (Å²) in [5, 5.41) is 0. The Kier molecular flexibility index (Phi) is 5.30. The van der Waals surface area contributed by atoms with Crippen molar-refractivity contribution in [3.05, 3.63) is 0 Å². The highest BCUT2D eigenvalue weighted by molar-refractivity contribution is 5.72. The molecule has 0 spiro atoms. The minimum absolute atomic E-state index is 0.188. The highest BCUT2D eigenvalue weighted by Crippen LogP contribution is 2.47. The zero-order valence-corrected chi connectivity index (χ0v) is 14.3. The van der Waals surface area contributed by atoms with Crippen molar-refractivity contribution in [3.63, 3.8) is 0 Å². The van der Waals surface area contributed by atoms with E-state index in [9.17, 15) is 4.79 Å². The molecular weight excluding hydrogens is 272 g/mol. The van der Waals surface area contributed by atoms with Gasteiger partial charge in [-0.05, 0) is 62.2 Å². The number of nitrogens with zero attached hydrogens (tertiary/aromatic N) is 1. The van der Waals surface area contributed by atoms with E-state index in [0.29, 0.717) is 6.04 Å². The Morgan fingerprint density at radius 1 is 1.09 bits per heavy atom. The van der Waals surface area contributed by atoms with Crippen LogP contribution in [0.4, 0.5) is 4.79 Å². The highest BCUT2D eigenvalue weighted by Gasteiger charge is 2.38. The number of fused-ring (bicyclic) bond motifs is 1. The van der Waals surface area contributed by atoms with Crippen LogP contribution in [0.1, 0.15) is 77.6 Å². The second-order valence-corrected chi connectivity index (χ2v) is 8.11. The predicted octanol–water partition coefficient (Wildman–Crippen LogP) is 4.55. The molecule has 0 aliphatic heterocycles. The maximum absolute atomic E-state index is 11.7. The molecule has 0 aromatic carbocycles. The number of hydrogen-bond acceptors (Lipinski definition) is 1. The molecule has 3 aliphatic rings. The number of nitrogens with two attached hydrogens (primary N) is 1. The SMILES string of the molecule is CCC1CCC2CCCC(CCN(C(N)=O)C3CCC3)C2C1. The van der Waals surface area contributed by atoms with Gasteiger partial charge in [-0.2, -0.15) is 0 Å². The number of carbonyl (C=O) groups is 1. The van der Waals surface area contributed by atoms with Crippen molar-refractivity contribution in [2.75, 3.05) is 6.54 Å². The van der Waals surface area contributed by atoms with Crippen LogP contribution >= 0.6 is 0 Å². The van der Waals surface area contributed by atoms with Crippen LogP contribution in [0.5, 0.6) is 0 Å². The topological polar surface area (TPSA) is 46.3 Å². The molecule has 3 nitrogen and oxygen atoms in total. The van der Waals surface area contributed by atoms with Gasteiger partial charge in [0.2, 0.25) is 0 Å². The van der Waals surface area contributed by atoms with Crippen LogP contribution in [0.3, 0.4) is 0 Å². The van der Waals surface area contributed by atoms with Crippen LogP contribution in [-0.4, -0.2) is 23.5 Å². The van der Waals surface area contributed by atoms with Gasteiger partial charge in [0, 0.05) is 12.6 Å². The van der Waals surface area contributed by atoms with Gasteiger partial charge < -0.3 is 10.6 Å². The smallest absolute Gasteiger partial charge is 0.315 e. The summed E-state index contributed by atoms with van der Waals surface area (Å²) in [6.07, 6.45) is 14.8. The van der Waals surface area contributed by atoms with Crippen LogP contribution in [0.2, 0.25) is 0 Å². The van der Waals surface area contributed by atoms with Crippen molar-refractivity contribution < 1.29 is 4.79 Å². The quantitative estimate of drug-likeness (QED) is 0.795. The third-order valence-electron chi connectivity index (χ3n) is 7.03. The fraction of sp³-hybridized carbons (Fsp3) is 0.947. The van der Waals surface area contributed by atoms with Crippen LogP contribution in [0.15, 0.2) is 0 Å². The predicted molar refractivity (Wildman–Crippen MR) is 90.5 cm³/mol. The Morgan fingerprint density at radius 3 is 2.50 bits per heavy atom. The zero-order chi connectivity index (χ0) is 15.5. The van der Waals surface area contributed by atoms with Crippen LogP contribution < -0.4 is 5.73 Å². The van der Waals surface area contributed by atoms with Gasteiger partial charge in [0.1, 0.15) is 0 Å². The standard InChI is InChI=1S/C19H34N2O/c1-2-14-9-10-15-5-3-6-16(18(15)13-14)11-12-21(19(20)22)17-7-4-8-17/h14-18H,2-13H2,1H3,(H2,20,22). The summed E-state index contributed by atoms with van der Waals surface area (Å²) in [6.45, 7) is 3.26. The Morgan fingerprint density at radius 2 is 1.86 bits per heavy atom. The molecule has 0 saturated heterocycles. The largest absolute Gasteiger partial charge is 0.351 e. The minimum atomic E-state index is -0.188. The molecule has 22 heavy (non-hydrogen) atoms. The maximum atomic E-state index is 11.7. The zero-order valence-electron chi connectivity index (χ0n) is 14.3. The Bertz CT molecular complexity index is 380. The summed E-state index contributed by atoms with van der Waals surface area (Å²) < 4.78 is 0. The molecule has 3 saturated carbocycles. The normalized spacial score (nSPS) is 35.5. The minimum Gasteiger partial charge on any atom is -0.351 e. The van der Waals surface area contributed by atoms with Crippen molar-refractivity contribution in [1.29, 1.82) is 0 Å². The number of hydrogen-bond donors (Lipinski definition) is 1. The third-order valence-corrected chi connectivity index (χ3v) is 7.03. The molecule has 4 unspecified atom stereocenters. The molecule has 3 heteroatoms. The van der Waals surface area contributed by atoms with Gasteiger partial charge in [0.05, 0.1) is 0 Å². The molecule has 0 aromatic heterocycles. The van der Waals surface area contributed by atoms with Crippen molar-refractivity contribution in [2.24, 2.45) is 29.4 Å².